The maximum atomic E-state index is 12.9. The molecule has 0 aromatic heterocycles. The lowest BCUT2D eigenvalue weighted by Crippen LogP contribution is -2.53. The summed E-state index contributed by atoms with van der Waals surface area (Å²) in [5, 5.41) is 27.8. The number of aliphatic imine (C=N–C) groups is 1. The van der Waals surface area contributed by atoms with Crippen molar-refractivity contribution < 1.29 is 24.4 Å². The average molecular weight is 485 g/mol. The van der Waals surface area contributed by atoms with Crippen molar-refractivity contribution in [1.82, 2.24) is 21.4 Å². The smallest absolute Gasteiger partial charge is 0.308 e. The molecule has 0 saturated heterocycles. The van der Waals surface area contributed by atoms with Crippen molar-refractivity contribution in [3.63, 3.8) is 0 Å². The van der Waals surface area contributed by atoms with Gasteiger partial charge in [0, 0.05) is 32.4 Å². The molecule has 0 aliphatic carbocycles. The van der Waals surface area contributed by atoms with Crippen LogP contribution in [0.15, 0.2) is 4.99 Å². The minimum atomic E-state index is -0.847. The molecule has 0 heterocycles. The second-order valence-electron chi connectivity index (χ2n) is 8.68. The Kier molecular flexibility index (Phi) is 16.1. The SMILES string of the molecule is CB(O)[C@H](CC(C)C)NC(=O)[C@H](CCCN=C(N)N[N+](=O)[O-])NC(=O)CCCCCNC(C)=O. The first-order valence-corrected chi connectivity index (χ1v) is 11.7. The van der Waals surface area contributed by atoms with Crippen LogP contribution < -0.4 is 27.1 Å². The number of hydrogen-bond acceptors (Lipinski definition) is 7. The van der Waals surface area contributed by atoms with Crippen molar-refractivity contribution in [2.45, 2.75) is 84.5 Å². The highest BCUT2D eigenvalue weighted by Crippen LogP contribution is 2.09. The second-order valence-corrected chi connectivity index (χ2v) is 8.68. The van der Waals surface area contributed by atoms with E-state index in [1.807, 2.05) is 13.8 Å². The van der Waals surface area contributed by atoms with Crippen LogP contribution in [0.5, 0.6) is 0 Å². The predicted molar refractivity (Wildman–Crippen MR) is 130 cm³/mol. The Morgan fingerprint density at radius 2 is 1.82 bits per heavy atom. The van der Waals surface area contributed by atoms with Crippen molar-refractivity contribution in [3.8, 4) is 0 Å². The number of nitrogens with zero attached hydrogens (tertiary/aromatic N) is 2. The minimum Gasteiger partial charge on any atom is -0.449 e. The van der Waals surface area contributed by atoms with Gasteiger partial charge in [0.05, 0.1) is 0 Å². The topological polar surface area (TPSA) is 201 Å². The van der Waals surface area contributed by atoms with E-state index in [1.165, 1.54) is 6.92 Å². The van der Waals surface area contributed by atoms with Crippen molar-refractivity contribution in [2.24, 2.45) is 16.6 Å². The van der Waals surface area contributed by atoms with E-state index in [0.717, 1.165) is 12.8 Å². The fraction of sp³-hybridized carbons (Fsp3) is 0.800. The quantitative estimate of drug-likeness (QED) is 0.0403. The summed E-state index contributed by atoms with van der Waals surface area (Å²) in [7, 11) is 0. The predicted octanol–water partition coefficient (Wildman–Crippen LogP) is -0.272. The number of amides is 3. The number of carbonyl (C=O) groups excluding carboxylic acids is 3. The van der Waals surface area contributed by atoms with Crippen molar-refractivity contribution in [1.29, 1.82) is 0 Å². The molecule has 0 radical (unpaired) electrons. The fourth-order valence-corrected chi connectivity index (χ4v) is 3.18. The summed E-state index contributed by atoms with van der Waals surface area (Å²) in [4.78, 5) is 50.4. The van der Waals surface area contributed by atoms with Crippen LogP contribution in [0.25, 0.3) is 0 Å². The molecule has 0 bridgehead atoms. The zero-order valence-corrected chi connectivity index (χ0v) is 20.6. The Morgan fingerprint density at radius 3 is 2.38 bits per heavy atom. The number of hydrazine groups is 1. The zero-order valence-electron chi connectivity index (χ0n) is 20.6. The summed E-state index contributed by atoms with van der Waals surface area (Å²) in [6.45, 7) is 6.92. The van der Waals surface area contributed by atoms with Gasteiger partial charge in [-0.2, -0.15) is 0 Å². The highest BCUT2D eigenvalue weighted by Gasteiger charge is 2.27. The molecule has 0 fully saturated rings. The summed E-state index contributed by atoms with van der Waals surface area (Å²) in [5.74, 6) is -1.35. The van der Waals surface area contributed by atoms with Gasteiger partial charge in [0.15, 0.2) is 5.03 Å². The third-order valence-corrected chi connectivity index (χ3v) is 4.88. The van der Waals surface area contributed by atoms with Crippen LogP contribution in [0.1, 0.15) is 65.7 Å². The standard InChI is InChI=1S/C20H40BN7O6/c1-14(2)13-17(21(4)32)26-19(31)16(9-8-12-24-20(22)27-28(33)34)25-18(30)10-6-5-7-11-23-15(3)29/h14,16-17,32H,5-13H2,1-4H3,(H,23,29)(H,25,30)(H,26,31)(H3,22,24,27)/t16-,17-/m0/s1. The van der Waals surface area contributed by atoms with E-state index in [0.29, 0.717) is 25.8 Å². The van der Waals surface area contributed by atoms with Gasteiger partial charge in [0.1, 0.15) is 6.04 Å². The average Bonchev–Trinajstić information content (AvgIpc) is 2.71. The summed E-state index contributed by atoms with van der Waals surface area (Å²) < 4.78 is 0. The Hall–Kier alpha value is -2.90. The third kappa shape index (κ3) is 16.7. The third-order valence-electron chi connectivity index (χ3n) is 4.88. The number of nitrogens with two attached hydrogens (primary N) is 1. The van der Waals surface area contributed by atoms with Gasteiger partial charge in [-0.1, -0.05) is 32.5 Å². The van der Waals surface area contributed by atoms with Crippen LogP contribution in [-0.2, 0) is 14.4 Å². The van der Waals surface area contributed by atoms with Crippen LogP contribution in [0, 0.1) is 16.0 Å². The number of carbonyl (C=O) groups is 3. The Labute approximate surface area is 201 Å². The number of rotatable bonds is 17. The highest BCUT2D eigenvalue weighted by molar-refractivity contribution is 6.51. The van der Waals surface area contributed by atoms with Gasteiger partial charge in [-0.15, -0.1) is 0 Å². The van der Waals surface area contributed by atoms with Crippen LogP contribution in [-0.4, -0.2) is 65.7 Å². The molecule has 3 amide bonds. The first kappa shape index (κ1) is 31.1. The van der Waals surface area contributed by atoms with Crippen molar-refractivity contribution >= 4 is 30.6 Å². The van der Waals surface area contributed by atoms with E-state index in [2.05, 4.69) is 20.9 Å². The molecule has 0 saturated carbocycles. The van der Waals surface area contributed by atoms with E-state index in [1.54, 1.807) is 12.2 Å². The van der Waals surface area contributed by atoms with E-state index >= 15 is 0 Å². The van der Waals surface area contributed by atoms with E-state index < -0.39 is 29.8 Å². The number of unbranched alkanes of at least 4 members (excludes halogenated alkanes) is 2. The maximum absolute atomic E-state index is 12.9. The molecular weight excluding hydrogens is 445 g/mol. The van der Waals surface area contributed by atoms with Gasteiger partial charge in [0.2, 0.25) is 17.7 Å². The first-order chi connectivity index (χ1) is 15.9. The lowest BCUT2D eigenvalue weighted by molar-refractivity contribution is -0.525. The lowest BCUT2D eigenvalue weighted by Gasteiger charge is -2.25. The summed E-state index contributed by atoms with van der Waals surface area (Å²) in [6, 6.07) is -0.847. The summed E-state index contributed by atoms with van der Waals surface area (Å²) in [5.41, 5.74) is 7.12. The largest absolute Gasteiger partial charge is 0.449 e. The molecule has 0 aromatic carbocycles. The lowest BCUT2D eigenvalue weighted by atomic mass is 9.61. The van der Waals surface area contributed by atoms with E-state index in [-0.39, 0.29) is 43.1 Å². The molecule has 2 atom stereocenters. The summed E-state index contributed by atoms with van der Waals surface area (Å²) >= 11 is 0. The van der Waals surface area contributed by atoms with Gasteiger partial charge in [0.25, 0.3) is 5.96 Å². The minimum absolute atomic E-state index is 0.0974. The molecule has 13 nitrogen and oxygen atoms in total. The molecule has 34 heavy (non-hydrogen) atoms. The van der Waals surface area contributed by atoms with Gasteiger partial charge >= 0.3 is 6.92 Å². The van der Waals surface area contributed by atoms with Crippen LogP contribution in [0.4, 0.5) is 0 Å². The number of hydrogen-bond donors (Lipinski definition) is 6. The number of nitro groups is 1. The van der Waals surface area contributed by atoms with Crippen molar-refractivity contribution in [2.75, 3.05) is 13.1 Å². The highest BCUT2D eigenvalue weighted by atomic mass is 16.7. The summed E-state index contributed by atoms with van der Waals surface area (Å²) in [6.07, 6.45) is 3.50. The van der Waals surface area contributed by atoms with Crippen LogP contribution >= 0.6 is 0 Å². The Morgan fingerprint density at radius 1 is 1.15 bits per heavy atom. The first-order valence-electron chi connectivity index (χ1n) is 11.7. The molecular formula is C20H40BN7O6. The molecule has 14 heteroatoms. The molecule has 0 unspecified atom stereocenters. The fourth-order valence-electron chi connectivity index (χ4n) is 3.18. The Balaban J connectivity index is 4.90. The molecule has 0 aliphatic rings. The number of nitrogens with one attached hydrogen (secondary N) is 4. The Bertz CT molecular complexity index is 690. The van der Waals surface area contributed by atoms with Gasteiger partial charge in [-0.25, -0.2) is 15.1 Å². The molecule has 0 rings (SSSR count). The van der Waals surface area contributed by atoms with Crippen LogP contribution in [0.2, 0.25) is 6.82 Å². The van der Waals surface area contributed by atoms with Crippen LogP contribution in [0.3, 0.4) is 0 Å². The van der Waals surface area contributed by atoms with Gasteiger partial charge in [-0.05, 0) is 38.0 Å². The molecule has 0 aliphatic heterocycles. The van der Waals surface area contributed by atoms with Gasteiger partial charge in [-0.3, -0.25) is 14.4 Å². The van der Waals surface area contributed by atoms with Gasteiger partial charge < -0.3 is 26.7 Å². The second kappa shape index (κ2) is 17.6. The van der Waals surface area contributed by atoms with E-state index in [4.69, 9.17) is 5.73 Å². The number of guanidine groups is 1. The molecule has 7 N–H and O–H groups in total. The molecule has 0 spiro atoms. The maximum Gasteiger partial charge on any atom is 0.308 e. The normalized spacial score (nSPS) is 13.1. The van der Waals surface area contributed by atoms with Crippen molar-refractivity contribution in [3.05, 3.63) is 10.1 Å². The van der Waals surface area contributed by atoms with E-state index in [9.17, 15) is 29.5 Å². The monoisotopic (exact) mass is 485 g/mol. The molecule has 0 aromatic rings. The molecule has 194 valence electrons. The zero-order chi connectivity index (χ0) is 26.1.